The standard InChI is InChI=1S/C17H21N3OS2/c21-16(15-12-23-17-18-8-10-20(15)17)19-9-2-1-4-13(19)6-7-14-5-3-11-22-14/h3,5,11-13H,1-2,4,6-10H2. The third-order valence-corrected chi connectivity index (χ3v) is 6.62. The Hall–Kier alpha value is -1.27. The van der Waals surface area contributed by atoms with Crippen LogP contribution in [0.25, 0.3) is 0 Å². The van der Waals surface area contributed by atoms with E-state index < -0.39 is 0 Å². The van der Waals surface area contributed by atoms with E-state index in [1.165, 1.54) is 11.3 Å². The number of thioether (sulfide) groups is 1. The molecule has 0 saturated carbocycles. The Labute approximate surface area is 145 Å². The van der Waals surface area contributed by atoms with Gasteiger partial charge in [-0.25, -0.2) is 0 Å². The van der Waals surface area contributed by atoms with Crippen LogP contribution in [0.4, 0.5) is 0 Å². The van der Waals surface area contributed by atoms with Crippen LogP contribution in [0.5, 0.6) is 0 Å². The molecule has 1 atom stereocenters. The third-order valence-electron chi connectivity index (χ3n) is 4.78. The molecule has 6 heteroatoms. The molecule has 0 aliphatic carbocycles. The van der Waals surface area contributed by atoms with E-state index in [1.807, 2.05) is 16.7 Å². The van der Waals surface area contributed by atoms with Gasteiger partial charge in [-0.15, -0.1) is 11.3 Å². The molecule has 23 heavy (non-hydrogen) atoms. The van der Waals surface area contributed by atoms with Crippen LogP contribution in [-0.4, -0.2) is 46.6 Å². The summed E-state index contributed by atoms with van der Waals surface area (Å²) in [4.78, 5) is 23.2. The van der Waals surface area contributed by atoms with Crippen molar-refractivity contribution in [3.63, 3.8) is 0 Å². The molecule has 3 aliphatic rings. The van der Waals surface area contributed by atoms with Gasteiger partial charge in [-0.3, -0.25) is 9.79 Å². The highest BCUT2D eigenvalue weighted by molar-refractivity contribution is 8.16. The molecule has 4 rings (SSSR count). The Bertz CT molecular complexity index is 638. The first kappa shape index (κ1) is 15.3. The lowest BCUT2D eigenvalue weighted by Crippen LogP contribution is -2.46. The molecule has 1 saturated heterocycles. The van der Waals surface area contributed by atoms with Crippen LogP contribution in [0.1, 0.15) is 30.6 Å². The van der Waals surface area contributed by atoms with E-state index >= 15 is 0 Å². The smallest absolute Gasteiger partial charge is 0.271 e. The number of thiophene rings is 1. The number of carbonyl (C=O) groups is 1. The van der Waals surface area contributed by atoms with Gasteiger partial charge in [-0.1, -0.05) is 17.8 Å². The number of piperidine rings is 1. The van der Waals surface area contributed by atoms with Gasteiger partial charge in [0, 0.05) is 29.4 Å². The Morgan fingerprint density at radius 1 is 1.35 bits per heavy atom. The number of likely N-dealkylation sites (tertiary alicyclic amines) is 1. The lowest BCUT2D eigenvalue weighted by molar-refractivity contribution is -0.132. The van der Waals surface area contributed by atoms with Crippen molar-refractivity contribution in [3.8, 4) is 0 Å². The summed E-state index contributed by atoms with van der Waals surface area (Å²) in [5.74, 6) is 0.209. The van der Waals surface area contributed by atoms with Gasteiger partial charge in [0.15, 0.2) is 5.17 Å². The second-order valence-corrected chi connectivity index (χ2v) is 8.07. The molecule has 1 aromatic heterocycles. The van der Waals surface area contributed by atoms with Gasteiger partial charge in [0.25, 0.3) is 5.91 Å². The first-order valence-electron chi connectivity index (χ1n) is 8.35. The van der Waals surface area contributed by atoms with Crippen LogP contribution in [0.3, 0.4) is 0 Å². The predicted molar refractivity (Wildman–Crippen MR) is 96.7 cm³/mol. The van der Waals surface area contributed by atoms with Gasteiger partial charge < -0.3 is 9.80 Å². The molecule has 0 radical (unpaired) electrons. The molecular formula is C17H21N3OS2. The molecule has 3 aliphatic heterocycles. The third kappa shape index (κ3) is 3.06. The highest BCUT2D eigenvalue weighted by Crippen LogP contribution is 2.32. The van der Waals surface area contributed by atoms with Crippen molar-refractivity contribution in [2.45, 2.75) is 38.1 Å². The maximum absolute atomic E-state index is 13.1. The number of hydrogen-bond acceptors (Lipinski definition) is 5. The number of nitrogens with zero attached hydrogens (tertiary/aromatic N) is 3. The fourth-order valence-electron chi connectivity index (χ4n) is 3.57. The first-order valence-corrected chi connectivity index (χ1v) is 10.1. The number of hydrogen-bond donors (Lipinski definition) is 0. The highest BCUT2D eigenvalue weighted by atomic mass is 32.2. The van der Waals surface area contributed by atoms with E-state index in [1.54, 1.807) is 11.8 Å². The van der Waals surface area contributed by atoms with Crippen molar-refractivity contribution in [1.29, 1.82) is 0 Å². The van der Waals surface area contributed by atoms with E-state index in [0.717, 1.165) is 56.2 Å². The van der Waals surface area contributed by atoms with Gasteiger partial charge in [0.05, 0.1) is 6.54 Å². The molecule has 4 nitrogen and oxygen atoms in total. The molecule has 0 spiro atoms. The summed E-state index contributed by atoms with van der Waals surface area (Å²) in [5, 5.41) is 5.12. The number of amidine groups is 1. The summed E-state index contributed by atoms with van der Waals surface area (Å²) in [5.41, 5.74) is 0.842. The van der Waals surface area contributed by atoms with Crippen molar-refractivity contribution in [1.82, 2.24) is 9.80 Å². The molecule has 0 bridgehead atoms. The van der Waals surface area contributed by atoms with Crippen molar-refractivity contribution < 1.29 is 4.79 Å². The lowest BCUT2D eigenvalue weighted by atomic mass is 9.97. The molecule has 122 valence electrons. The molecular weight excluding hydrogens is 326 g/mol. The van der Waals surface area contributed by atoms with Crippen LogP contribution >= 0.6 is 23.1 Å². The minimum Gasteiger partial charge on any atom is -0.334 e. The highest BCUT2D eigenvalue weighted by Gasteiger charge is 2.35. The van der Waals surface area contributed by atoms with Gasteiger partial charge in [0.2, 0.25) is 0 Å². The minimum atomic E-state index is 0.209. The topological polar surface area (TPSA) is 35.9 Å². The number of aliphatic imine (C=N–C) groups is 1. The van der Waals surface area contributed by atoms with Gasteiger partial charge >= 0.3 is 0 Å². The first-order chi connectivity index (χ1) is 11.3. The fraction of sp³-hybridized carbons (Fsp3) is 0.529. The van der Waals surface area contributed by atoms with Gasteiger partial charge in [-0.05, 0) is 43.6 Å². The Balaban J connectivity index is 1.44. The van der Waals surface area contributed by atoms with Crippen LogP contribution in [0.2, 0.25) is 0 Å². The number of aryl methyl sites for hydroxylation is 1. The van der Waals surface area contributed by atoms with E-state index in [0.29, 0.717) is 6.04 Å². The molecule has 4 heterocycles. The molecule has 1 unspecified atom stereocenters. The van der Waals surface area contributed by atoms with E-state index in [4.69, 9.17) is 0 Å². The largest absolute Gasteiger partial charge is 0.334 e. The van der Waals surface area contributed by atoms with Crippen molar-refractivity contribution in [2.75, 3.05) is 19.6 Å². The monoisotopic (exact) mass is 347 g/mol. The number of fused-ring (bicyclic) bond motifs is 1. The molecule has 1 fully saturated rings. The van der Waals surface area contributed by atoms with E-state index in [-0.39, 0.29) is 5.91 Å². The average Bonchev–Trinajstić information content (AvgIpc) is 3.30. The van der Waals surface area contributed by atoms with Crippen LogP contribution in [0.15, 0.2) is 33.6 Å². The van der Waals surface area contributed by atoms with E-state index in [9.17, 15) is 4.79 Å². The van der Waals surface area contributed by atoms with Crippen LogP contribution < -0.4 is 0 Å². The molecule has 1 aromatic rings. The maximum Gasteiger partial charge on any atom is 0.271 e. The summed E-state index contributed by atoms with van der Waals surface area (Å²) in [6, 6.07) is 4.69. The molecule has 0 aromatic carbocycles. The summed E-state index contributed by atoms with van der Waals surface area (Å²) < 4.78 is 0. The Kier molecular flexibility index (Phi) is 4.44. The second kappa shape index (κ2) is 6.69. The minimum absolute atomic E-state index is 0.209. The normalized spacial score (nSPS) is 23.7. The number of carbonyl (C=O) groups excluding carboxylic acids is 1. The fourth-order valence-corrected chi connectivity index (χ4v) is 5.22. The zero-order chi connectivity index (χ0) is 15.6. The zero-order valence-electron chi connectivity index (χ0n) is 13.1. The predicted octanol–water partition coefficient (Wildman–Crippen LogP) is 3.32. The quantitative estimate of drug-likeness (QED) is 0.838. The van der Waals surface area contributed by atoms with Crippen LogP contribution in [-0.2, 0) is 11.2 Å². The summed E-state index contributed by atoms with van der Waals surface area (Å²) in [6.45, 7) is 2.57. The summed E-state index contributed by atoms with van der Waals surface area (Å²) >= 11 is 3.41. The summed E-state index contributed by atoms with van der Waals surface area (Å²) in [6.07, 6.45) is 5.66. The van der Waals surface area contributed by atoms with Gasteiger partial charge in [-0.2, -0.15) is 0 Å². The van der Waals surface area contributed by atoms with Crippen LogP contribution in [0, 0.1) is 0 Å². The Morgan fingerprint density at radius 3 is 3.17 bits per heavy atom. The average molecular weight is 348 g/mol. The second-order valence-electron chi connectivity index (χ2n) is 6.20. The summed E-state index contributed by atoms with van der Waals surface area (Å²) in [7, 11) is 0. The molecule has 1 amide bonds. The lowest BCUT2D eigenvalue weighted by Gasteiger charge is -2.37. The molecule has 0 N–H and O–H groups in total. The SMILES string of the molecule is O=C(C1=CSC2=NCCN12)N1CCCCC1CCc1cccs1. The van der Waals surface area contributed by atoms with Crippen molar-refractivity contribution in [3.05, 3.63) is 33.5 Å². The number of amides is 1. The van der Waals surface area contributed by atoms with Gasteiger partial charge in [0.1, 0.15) is 5.70 Å². The van der Waals surface area contributed by atoms with Crippen molar-refractivity contribution in [2.24, 2.45) is 4.99 Å². The van der Waals surface area contributed by atoms with E-state index in [2.05, 4.69) is 32.3 Å². The Morgan fingerprint density at radius 2 is 2.30 bits per heavy atom. The number of rotatable bonds is 4. The van der Waals surface area contributed by atoms with Crippen molar-refractivity contribution >= 4 is 34.2 Å². The maximum atomic E-state index is 13.1. The zero-order valence-corrected chi connectivity index (χ0v) is 14.7.